The van der Waals surface area contributed by atoms with Crippen LogP contribution in [0.1, 0.15) is 36.2 Å². The van der Waals surface area contributed by atoms with Crippen molar-refractivity contribution in [1.29, 1.82) is 0 Å². The Bertz CT molecular complexity index is 928. The highest BCUT2D eigenvalue weighted by Crippen LogP contribution is 2.35. The van der Waals surface area contributed by atoms with Crippen molar-refractivity contribution < 1.29 is 19.6 Å². The number of aryl methyl sites for hydroxylation is 1. The fourth-order valence-electron chi connectivity index (χ4n) is 4.10. The molecule has 0 spiro atoms. The molecule has 28 heavy (non-hydrogen) atoms. The highest BCUT2D eigenvalue weighted by Gasteiger charge is 2.35. The van der Waals surface area contributed by atoms with Gasteiger partial charge in [-0.05, 0) is 45.0 Å². The van der Waals surface area contributed by atoms with Crippen LogP contribution >= 0.6 is 11.3 Å². The van der Waals surface area contributed by atoms with Crippen LogP contribution in [-0.2, 0) is 0 Å². The molecule has 3 heterocycles. The minimum absolute atomic E-state index is 0.0721. The predicted octanol–water partition coefficient (Wildman–Crippen LogP) is 0.0962. The fourth-order valence-corrected chi connectivity index (χ4v) is 5.29. The summed E-state index contributed by atoms with van der Waals surface area (Å²) in [6.45, 7) is 12.4. The number of nitrogens with one attached hydrogen (secondary N) is 2. The van der Waals surface area contributed by atoms with E-state index in [1.807, 2.05) is 26.0 Å². The van der Waals surface area contributed by atoms with Gasteiger partial charge in [-0.3, -0.25) is 0 Å². The average molecular weight is 404 g/mol. The number of ether oxygens (including phenoxy) is 1. The lowest BCUT2D eigenvalue weighted by Crippen LogP contribution is -3.28. The molecule has 3 aromatic rings. The van der Waals surface area contributed by atoms with Crippen LogP contribution in [0.5, 0.6) is 11.6 Å². The number of benzene rings is 1. The number of aromatic hydroxyl groups is 1. The molecule has 2 aromatic heterocycles. The summed E-state index contributed by atoms with van der Waals surface area (Å²) < 4.78 is 7.19. The van der Waals surface area contributed by atoms with E-state index < -0.39 is 0 Å². The summed E-state index contributed by atoms with van der Waals surface area (Å²) >= 11 is 1.54. The van der Waals surface area contributed by atoms with E-state index in [1.165, 1.54) is 17.0 Å². The molecule has 1 aliphatic heterocycles. The first-order chi connectivity index (χ1) is 13.6. The van der Waals surface area contributed by atoms with Crippen molar-refractivity contribution in [3.63, 3.8) is 0 Å². The third-order valence-corrected chi connectivity index (χ3v) is 6.68. The molecule has 1 aromatic carbocycles. The van der Waals surface area contributed by atoms with Crippen molar-refractivity contribution in [3.8, 4) is 11.6 Å². The number of hydrogen-bond acceptors (Lipinski definition) is 5. The van der Waals surface area contributed by atoms with Gasteiger partial charge in [0.15, 0.2) is 6.04 Å². The first-order valence-electron chi connectivity index (χ1n) is 10.1. The van der Waals surface area contributed by atoms with Crippen molar-refractivity contribution in [3.05, 3.63) is 40.5 Å². The number of nitrogens with zero attached hydrogens (tertiary/aromatic N) is 3. The second kappa shape index (κ2) is 8.06. The van der Waals surface area contributed by atoms with E-state index in [1.54, 1.807) is 20.8 Å². The molecule has 1 aliphatic rings. The summed E-state index contributed by atoms with van der Waals surface area (Å²) in [7, 11) is 0. The van der Waals surface area contributed by atoms with Crippen LogP contribution in [-0.4, -0.2) is 59.0 Å². The Hall–Kier alpha value is -2.16. The second-order valence-electron chi connectivity index (χ2n) is 7.34. The minimum atomic E-state index is 0.0721. The zero-order valence-corrected chi connectivity index (χ0v) is 17.6. The monoisotopic (exact) mass is 403 g/mol. The zero-order chi connectivity index (χ0) is 19.7. The molecule has 1 saturated heterocycles. The van der Waals surface area contributed by atoms with Crippen LogP contribution in [0.25, 0.3) is 4.96 Å². The molecule has 0 aliphatic carbocycles. The molecule has 0 saturated carbocycles. The van der Waals surface area contributed by atoms with E-state index in [2.05, 4.69) is 29.1 Å². The Morgan fingerprint density at radius 3 is 2.50 bits per heavy atom. The summed E-state index contributed by atoms with van der Waals surface area (Å²) in [4.78, 5) is 9.28. The summed E-state index contributed by atoms with van der Waals surface area (Å²) in [5.74, 6) is 1.78. The Balaban J connectivity index is 1.72. The van der Waals surface area contributed by atoms with Gasteiger partial charge in [-0.2, -0.15) is 4.52 Å². The fraction of sp³-hybridized carbons (Fsp3) is 0.500. The highest BCUT2D eigenvalue weighted by molar-refractivity contribution is 7.17. The van der Waals surface area contributed by atoms with Gasteiger partial charge >= 0.3 is 0 Å². The quantitative estimate of drug-likeness (QED) is 0.546. The minimum Gasteiger partial charge on any atom is -0.494 e. The van der Waals surface area contributed by atoms with Crippen LogP contribution in [0, 0.1) is 6.92 Å². The zero-order valence-electron chi connectivity index (χ0n) is 16.7. The molecule has 3 N–H and O–H groups in total. The lowest BCUT2D eigenvalue weighted by atomic mass is 10.0. The van der Waals surface area contributed by atoms with Gasteiger partial charge in [0.25, 0.3) is 0 Å². The van der Waals surface area contributed by atoms with E-state index in [4.69, 9.17) is 4.74 Å². The predicted molar refractivity (Wildman–Crippen MR) is 109 cm³/mol. The summed E-state index contributed by atoms with van der Waals surface area (Å²) in [5.41, 5.74) is 1.19. The molecule has 1 fully saturated rings. The van der Waals surface area contributed by atoms with Crippen LogP contribution in [0.3, 0.4) is 0 Å². The van der Waals surface area contributed by atoms with Gasteiger partial charge in [0.1, 0.15) is 42.6 Å². The third-order valence-electron chi connectivity index (χ3n) is 5.60. The number of piperazine rings is 1. The maximum absolute atomic E-state index is 10.9. The van der Waals surface area contributed by atoms with Crippen LogP contribution < -0.4 is 14.5 Å². The van der Waals surface area contributed by atoms with Gasteiger partial charge < -0.3 is 19.6 Å². The number of thiazole rings is 1. The van der Waals surface area contributed by atoms with Gasteiger partial charge in [-0.25, -0.2) is 4.98 Å². The molecular formula is C20H29N5O2S+2. The lowest BCUT2D eigenvalue weighted by molar-refractivity contribution is -1.02. The first-order valence-corrected chi connectivity index (χ1v) is 10.9. The van der Waals surface area contributed by atoms with Crippen molar-refractivity contribution >= 4 is 16.3 Å². The van der Waals surface area contributed by atoms with E-state index >= 15 is 0 Å². The summed E-state index contributed by atoms with van der Waals surface area (Å²) in [6, 6.07) is 8.38. The normalized spacial score (nSPS) is 21.1. The standard InChI is InChI=1S/C20H27N5O2S/c1-4-23-10-12-24(13-11-23)17(15-6-8-16(9-7-15)27-5-2)18-19(26)25-20(28-18)21-14(3)22-25/h6-9,17,26H,4-5,10-13H2,1-3H3/p+2/t17-/m1/s1. The Morgan fingerprint density at radius 2 is 1.89 bits per heavy atom. The molecule has 0 unspecified atom stereocenters. The van der Waals surface area contributed by atoms with Crippen LogP contribution in [0.2, 0.25) is 0 Å². The summed E-state index contributed by atoms with van der Waals surface area (Å²) in [5, 5.41) is 15.3. The van der Waals surface area contributed by atoms with Gasteiger partial charge in [-0.15, -0.1) is 5.10 Å². The smallest absolute Gasteiger partial charge is 0.235 e. The van der Waals surface area contributed by atoms with Gasteiger partial charge in [0.05, 0.1) is 13.2 Å². The third kappa shape index (κ3) is 3.59. The number of likely N-dealkylation sites (N-methyl/N-ethyl adjacent to an activating group) is 1. The lowest BCUT2D eigenvalue weighted by Gasteiger charge is -2.34. The topological polar surface area (TPSA) is 68.5 Å². The molecule has 8 heteroatoms. The number of fused-ring (bicyclic) bond motifs is 1. The Labute approximate surface area is 169 Å². The van der Waals surface area contributed by atoms with E-state index in [0.29, 0.717) is 12.4 Å². The Kier molecular flexibility index (Phi) is 5.52. The first kappa shape index (κ1) is 19.2. The number of hydrogen-bond donors (Lipinski definition) is 3. The molecule has 0 radical (unpaired) electrons. The molecule has 150 valence electrons. The van der Waals surface area contributed by atoms with Crippen molar-refractivity contribution in [1.82, 2.24) is 14.6 Å². The molecule has 4 rings (SSSR count). The van der Waals surface area contributed by atoms with Gasteiger partial charge in [0.2, 0.25) is 10.8 Å². The van der Waals surface area contributed by atoms with Crippen LogP contribution in [0.4, 0.5) is 0 Å². The maximum Gasteiger partial charge on any atom is 0.235 e. The average Bonchev–Trinajstić information content (AvgIpc) is 3.22. The number of rotatable bonds is 6. The van der Waals surface area contributed by atoms with Crippen molar-refractivity contribution in [2.45, 2.75) is 26.8 Å². The largest absolute Gasteiger partial charge is 0.494 e. The summed E-state index contributed by atoms with van der Waals surface area (Å²) in [6.07, 6.45) is 0. The van der Waals surface area contributed by atoms with E-state index in [0.717, 1.165) is 41.8 Å². The SMILES string of the molecule is CCOc1ccc([C@H](c2sc3nc(C)nn3c2O)[NH+]2CC[NH+](CC)CC2)cc1. The number of aromatic nitrogens is 3. The number of quaternary nitrogens is 2. The van der Waals surface area contributed by atoms with Crippen molar-refractivity contribution in [2.75, 3.05) is 39.3 Å². The molecular weight excluding hydrogens is 374 g/mol. The van der Waals surface area contributed by atoms with Gasteiger partial charge in [-0.1, -0.05) is 11.3 Å². The second-order valence-corrected chi connectivity index (χ2v) is 8.35. The molecule has 0 amide bonds. The highest BCUT2D eigenvalue weighted by atomic mass is 32.1. The Morgan fingerprint density at radius 1 is 1.18 bits per heavy atom. The van der Waals surface area contributed by atoms with Crippen molar-refractivity contribution in [2.24, 2.45) is 0 Å². The van der Waals surface area contributed by atoms with E-state index in [9.17, 15) is 5.11 Å². The molecule has 0 bridgehead atoms. The molecule has 7 nitrogen and oxygen atoms in total. The van der Waals surface area contributed by atoms with E-state index in [-0.39, 0.29) is 11.9 Å². The van der Waals surface area contributed by atoms with Gasteiger partial charge in [0, 0.05) is 5.56 Å². The molecule has 1 atom stereocenters. The van der Waals surface area contributed by atoms with Crippen LogP contribution in [0.15, 0.2) is 24.3 Å². The maximum atomic E-state index is 10.9.